The van der Waals surface area contributed by atoms with Gasteiger partial charge in [-0.05, 0) is 53.8 Å². The molecule has 1 saturated heterocycles. The molecule has 2 aromatic carbocycles. The molecule has 1 aliphatic rings. The van der Waals surface area contributed by atoms with Crippen molar-refractivity contribution in [3.8, 4) is 0 Å². The van der Waals surface area contributed by atoms with Crippen LogP contribution in [0.1, 0.15) is 29.5 Å². The van der Waals surface area contributed by atoms with Crippen molar-refractivity contribution in [2.45, 2.75) is 19.0 Å². The third kappa shape index (κ3) is 3.64. The summed E-state index contributed by atoms with van der Waals surface area (Å²) in [6, 6.07) is 15.3. The summed E-state index contributed by atoms with van der Waals surface area (Å²) in [4.78, 5) is 0. The number of alkyl halides is 3. The van der Waals surface area contributed by atoms with E-state index in [1.165, 1.54) is 5.57 Å². The Bertz CT molecular complexity index is 677. The minimum Gasteiger partial charge on any atom is -0.313 e. The highest BCUT2D eigenvalue weighted by Crippen LogP contribution is 2.33. The van der Waals surface area contributed by atoms with E-state index in [4.69, 9.17) is 0 Å². The molecule has 1 aliphatic heterocycles. The van der Waals surface area contributed by atoms with Gasteiger partial charge in [0, 0.05) is 6.54 Å². The fourth-order valence-electron chi connectivity index (χ4n) is 2.97. The van der Waals surface area contributed by atoms with E-state index in [0.29, 0.717) is 0 Å². The third-order valence-electron chi connectivity index (χ3n) is 4.09. The van der Waals surface area contributed by atoms with E-state index >= 15 is 0 Å². The topological polar surface area (TPSA) is 12.0 Å². The summed E-state index contributed by atoms with van der Waals surface area (Å²) in [5.74, 6) is 0. The molecule has 2 aromatic rings. The minimum absolute atomic E-state index is 0.611. The zero-order chi connectivity index (χ0) is 16.3. The average Bonchev–Trinajstić information content (AvgIpc) is 2.57. The Hall–Kier alpha value is -2.07. The number of piperidine rings is 1. The first kappa shape index (κ1) is 15.8. The highest BCUT2D eigenvalue weighted by atomic mass is 19.4. The van der Waals surface area contributed by atoms with Crippen LogP contribution in [0.4, 0.5) is 13.2 Å². The molecule has 3 rings (SSSR count). The lowest BCUT2D eigenvalue weighted by Gasteiger charge is -2.21. The van der Waals surface area contributed by atoms with Crippen molar-refractivity contribution in [2.75, 3.05) is 13.1 Å². The smallest absolute Gasteiger partial charge is 0.313 e. The highest BCUT2D eigenvalue weighted by molar-refractivity contribution is 5.82. The van der Waals surface area contributed by atoms with Gasteiger partial charge in [-0.15, -0.1) is 0 Å². The second kappa shape index (κ2) is 6.59. The van der Waals surface area contributed by atoms with E-state index in [2.05, 4.69) is 5.32 Å². The van der Waals surface area contributed by atoms with Crippen molar-refractivity contribution < 1.29 is 13.2 Å². The van der Waals surface area contributed by atoms with E-state index in [1.54, 1.807) is 12.1 Å². The Labute approximate surface area is 133 Å². The molecule has 0 aliphatic carbocycles. The quantitative estimate of drug-likeness (QED) is 0.831. The second-order valence-electron chi connectivity index (χ2n) is 5.70. The molecule has 0 amide bonds. The Morgan fingerprint density at radius 2 is 1.52 bits per heavy atom. The standard InChI is InChI=1S/C19H18F3N/c20-19(21,22)17-10-8-15(9-11-17)18(14-5-2-1-3-6-14)16-7-4-12-23-13-16/h1-3,5-6,8-11,23H,4,7,12-13H2/b18-16-. The van der Waals surface area contributed by atoms with Crippen LogP contribution in [-0.4, -0.2) is 13.1 Å². The first-order valence-electron chi connectivity index (χ1n) is 7.71. The lowest BCUT2D eigenvalue weighted by atomic mass is 9.89. The number of nitrogens with one attached hydrogen (secondary N) is 1. The average molecular weight is 317 g/mol. The van der Waals surface area contributed by atoms with Crippen LogP contribution in [0, 0.1) is 0 Å². The summed E-state index contributed by atoms with van der Waals surface area (Å²) in [5.41, 5.74) is 3.57. The molecule has 0 atom stereocenters. The SMILES string of the molecule is FC(F)(F)c1ccc(/C(=C2/CCCNC2)c2ccccc2)cc1. The Morgan fingerprint density at radius 3 is 2.09 bits per heavy atom. The van der Waals surface area contributed by atoms with Crippen molar-refractivity contribution in [1.82, 2.24) is 5.32 Å². The summed E-state index contributed by atoms with van der Waals surface area (Å²) in [7, 11) is 0. The summed E-state index contributed by atoms with van der Waals surface area (Å²) in [6.45, 7) is 1.77. The first-order chi connectivity index (χ1) is 11.1. The number of hydrogen-bond donors (Lipinski definition) is 1. The van der Waals surface area contributed by atoms with Crippen LogP contribution >= 0.6 is 0 Å². The van der Waals surface area contributed by atoms with Crippen molar-refractivity contribution in [2.24, 2.45) is 0 Å². The van der Waals surface area contributed by atoms with Gasteiger partial charge in [0.25, 0.3) is 0 Å². The van der Waals surface area contributed by atoms with Gasteiger partial charge in [-0.3, -0.25) is 0 Å². The van der Waals surface area contributed by atoms with Gasteiger partial charge in [-0.2, -0.15) is 13.2 Å². The molecular formula is C19H18F3N. The number of benzene rings is 2. The van der Waals surface area contributed by atoms with Crippen molar-refractivity contribution in [1.29, 1.82) is 0 Å². The van der Waals surface area contributed by atoms with Crippen LogP contribution in [0.15, 0.2) is 60.2 Å². The molecule has 0 bridgehead atoms. The maximum absolute atomic E-state index is 12.8. The van der Waals surface area contributed by atoms with Gasteiger partial charge in [-0.25, -0.2) is 0 Å². The lowest BCUT2D eigenvalue weighted by Crippen LogP contribution is -2.24. The molecule has 1 fully saturated rings. The summed E-state index contributed by atoms with van der Waals surface area (Å²) in [5, 5.41) is 3.35. The molecule has 0 aromatic heterocycles. The maximum atomic E-state index is 12.8. The van der Waals surface area contributed by atoms with Crippen LogP contribution in [0.2, 0.25) is 0 Å². The van der Waals surface area contributed by atoms with Crippen LogP contribution in [-0.2, 0) is 6.18 Å². The molecule has 1 N–H and O–H groups in total. The molecule has 0 saturated carbocycles. The van der Waals surface area contributed by atoms with Crippen molar-refractivity contribution in [3.05, 3.63) is 76.9 Å². The van der Waals surface area contributed by atoms with E-state index < -0.39 is 11.7 Å². The number of halogens is 3. The Kier molecular flexibility index (Phi) is 4.53. The lowest BCUT2D eigenvalue weighted by molar-refractivity contribution is -0.137. The fourth-order valence-corrected chi connectivity index (χ4v) is 2.97. The monoisotopic (exact) mass is 317 g/mol. The molecule has 0 spiro atoms. The summed E-state index contributed by atoms with van der Waals surface area (Å²) >= 11 is 0. The van der Waals surface area contributed by atoms with Crippen LogP contribution in [0.25, 0.3) is 5.57 Å². The van der Waals surface area contributed by atoms with Crippen LogP contribution in [0.5, 0.6) is 0 Å². The highest BCUT2D eigenvalue weighted by Gasteiger charge is 2.30. The Balaban J connectivity index is 2.06. The van der Waals surface area contributed by atoms with E-state index in [0.717, 1.165) is 54.8 Å². The second-order valence-corrected chi connectivity index (χ2v) is 5.70. The van der Waals surface area contributed by atoms with Gasteiger partial charge in [-0.1, -0.05) is 42.5 Å². The van der Waals surface area contributed by atoms with E-state index in [9.17, 15) is 13.2 Å². The zero-order valence-electron chi connectivity index (χ0n) is 12.7. The molecular weight excluding hydrogens is 299 g/mol. The van der Waals surface area contributed by atoms with Gasteiger partial charge >= 0.3 is 6.18 Å². The largest absolute Gasteiger partial charge is 0.416 e. The predicted octanol–water partition coefficient (Wildman–Crippen LogP) is 4.89. The third-order valence-corrected chi connectivity index (χ3v) is 4.09. The maximum Gasteiger partial charge on any atom is 0.416 e. The Morgan fingerprint density at radius 1 is 0.870 bits per heavy atom. The molecule has 1 heterocycles. The molecule has 120 valence electrons. The van der Waals surface area contributed by atoms with Crippen LogP contribution < -0.4 is 5.32 Å². The molecule has 0 radical (unpaired) electrons. The van der Waals surface area contributed by atoms with Crippen LogP contribution in [0.3, 0.4) is 0 Å². The molecule has 4 heteroatoms. The number of rotatable bonds is 2. The summed E-state index contributed by atoms with van der Waals surface area (Å²) < 4.78 is 38.3. The van der Waals surface area contributed by atoms with Crippen molar-refractivity contribution >= 4 is 5.57 Å². The van der Waals surface area contributed by atoms with Gasteiger partial charge < -0.3 is 5.32 Å². The zero-order valence-corrected chi connectivity index (χ0v) is 12.7. The predicted molar refractivity (Wildman–Crippen MR) is 86.0 cm³/mol. The van der Waals surface area contributed by atoms with E-state index in [1.807, 2.05) is 30.3 Å². The normalized spacial score (nSPS) is 17.9. The molecule has 1 nitrogen and oxygen atoms in total. The number of hydrogen-bond acceptors (Lipinski definition) is 1. The first-order valence-corrected chi connectivity index (χ1v) is 7.71. The minimum atomic E-state index is -4.30. The molecule has 23 heavy (non-hydrogen) atoms. The van der Waals surface area contributed by atoms with Gasteiger partial charge in [0.05, 0.1) is 5.56 Å². The summed E-state index contributed by atoms with van der Waals surface area (Å²) in [6.07, 6.45) is -2.28. The molecule has 0 unspecified atom stereocenters. The van der Waals surface area contributed by atoms with Gasteiger partial charge in [0.15, 0.2) is 0 Å². The van der Waals surface area contributed by atoms with Gasteiger partial charge in [0.1, 0.15) is 0 Å². The van der Waals surface area contributed by atoms with Gasteiger partial charge in [0.2, 0.25) is 0 Å². The van der Waals surface area contributed by atoms with Crippen molar-refractivity contribution in [3.63, 3.8) is 0 Å². The fraction of sp³-hybridized carbons (Fsp3) is 0.263. The van der Waals surface area contributed by atoms with E-state index in [-0.39, 0.29) is 0 Å².